The van der Waals surface area contributed by atoms with Crippen LogP contribution in [0.1, 0.15) is 43.7 Å². The molecule has 128 valence electrons. The molecule has 2 aliphatic heterocycles. The minimum atomic E-state index is 0. The fourth-order valence-corrected chi connectivity index (χ4v) is 3.87. The van der Waals surface area contributed by atoms with Gasteiger partial charge >= 0.3 is 0 Å². The third kappa shape index (κ3) is 4.54. The molecule has 0 spiro atoms. The summed E-state index contributed by atoms with van der Waals surface area (Å²) < 4.78 is 0. The van der Waals surface area contributed by atoms with Crippen LogP contribution in [0, 0.1) is 5.92 Å². The summed E-state index contributed by atoms with van der Waals surface area (Å²) in [4.78, 5) is 14.6. The smallest absolute Gasteiger partial charge is 0.223 e. The standard InChI is InChI=1S/C17H22Cl2N2O.ClH/c18-14-5-4-13(10-15(14)19)16-2-1-9-21(16)17(22)6-3-12-7-8-20-11-12;/h4-5,10,12,16,20H,1-3,6-9,11H2;1H. The quantitative estimate of drug-likeness (QED) is 0.839. The molecule has 3 rings (SSSR count). The molecule has 3 nitrogen and oxygen atoms in total. The molecule has 1 aromatic carbocycles. The van der Waals surface area contributed by atoms with Crippen LogP contribution < -0.4 is 5.32 Å². The number of benzene rings is 1. The highest BCUT2D eigenvalue weighted by Crippen LogP contribution is 2.35. The minimum absolute atomic E-state index is 0. The molecular weight excluding hydrogens is 355 g/mol. The van der Waals surface area contributed by atoms with Gasteiger partial charge in [-0.05, 0) is 62.4 Å². The normalized spacial score (nSPS) is 23.8. The van der Waals surface area contributed by atoms with Gasteiger partial charge in [-0.2, -0.15) is 0 Å². The van der Waals surface area contributed by atoms with Gasteiger partial charge < -0.3 is 10.2 Å². The highest BCUT2D eigenvalue weighted by Gasteiger charge is 2.30. The van der Waals surface area contributed by atoms with Gasteiger partial charge in [-0.3, -0.25) is 4.79 Å². The van der Waals surface area contributed by atoms with E-state index in [9.17, 15) is 4.79 Å². The Kier molecular flexibility index (Phi) is 7.02. The van der Waals surface area contributed by atoms with Gasteiger partial charge in [0.15, 0.2) is 0 Å². The molecular formula is C17H23Cl3N2O. The van der Waals surface area contributed by atoms with Crippen LogP contribution in [-0.2, 0) is 4.79 Å². The van der Waals surface area contributed by atoms with Crippen molar-refractivity contribution in [2.75, 3.05) is 19.6 Å². The number of carbonyl (C=O) groups is 1. The lowest BCUT2D eigenvalue weighted by Gasteiger charge is -2.26. The Morgan fingerprint density at radius 2 is 2.09 bits per heavy atom. The first-order valence-corrected chi connectivity index (χ1v) is 8.86. The highest BCUT2D eigenvalue weighted by atomic mass is 35.5. The molecule has 0 aliphatic carbocycles. The zero-order chi connectivity index (χ0) is 15.5. The molecule has 6 heteroatoms. The average Bonchev–Trinajstić information content (AvgIpc) is 3.18. The Bertz CT molecular complexity index is 547. The van der Waals surface area contributed by atoms with Crippen molar-refractivity contribution in [1.82, 2.24) is 10.2 Å². The number of amides is 1. The average molecular weight is 378 g/mol. The minimum Gasteiger partial charge on any atom is -0.336 e. The monoisotopic (exact) mass is 376 g/mol. The summed E-state index contributed by atoms with van der Waals surface area (Å²) in [6, 6.07) is 5.88. The van der Waals surface area contributed by atoms with Crippen LogP contribution in [0.5, 0.6) is 0 Å². The Balaban J connectivity index is 0.00000192. The Hall–Kier alpha value is -0.480. The van der Waals surface area contributed by atoms with E-state index in [0.717, 1.165) is 44.5 Å². The fourth-order valence-electron chi connectivity index (χ4n) is 3.56. The van der Waals surface area contributed by atoms with E-state index in [2.05, 4.69) is 5.32 Å². The van der Waals surface area contributed by atoms with E-state index in [-0.39, 0.29) is 24.4 Å². The maximum Gasteiger partial charge on any atom is 0.223 e. The van der Waals surface area contributed by atoms with Gasteiger partial charge in [-0.1, -0.05) is 29.3 Å². The van der Waals surface area contributed by atoms with Gasteiger partial charge in [0, 0.05) is 13.0 Å². The molecule has 2 atom stereocenters. The van der Waals surface area contributed by atoms with Crippen molar-refractivity contribution in [2.24, 2.45) is 5.92 Å². The predicted octanol–water partition coefficient (Wildman–Crippen LogP) is 4.47. The van der Waals surface area contributed by atoms with Crippen molar-refractivity contribution in [3.8, 4) is 0 Å². The van der Waals surface area contributed by atoms with Gasteiger partial charge in [-0.25, -0.2) is 0 Å². The van der Waals surface area contributed by atoms with Crippen molar-refractivity contribution in [2.45, 2.75) is 38.1 Å². The van der Waals surface area contributed by atoms with E-state index in [1.807, 2.05) is 23.1 Å². The van der Waals surface area contributed by atoms with E-state index < -0.39 is 0 Å². The molecule has 0 bridgehead atoms. The van der Waals surface area contributed by atoms with E-state index in [1.165, 1.54) is 6.42 Å². The molecule has 2 fully saturated rings. The molecule has 1 N–H and O–H groups in total. The first kappa shape index (κ1) is 18.9. The zero-order valence-electron chi connectivity index (χ0n) is 13.1. The number of likely N-dealkylation sites (tertiary alicyclic amines) is 1. The lowest BCUT2D eigenvalue weighted by Crippen LogP contribution is -2.30. The molecule has 2 saturated heterocycles. The lowest BCUT2D eigenvalue weighted by molar-refractivity contribution is -0.132. The number of nitrogens with one attached hydrogen (secondary N) is 1. The Morgan fingerprint density at radius 3 is 2.78 bits per heavy atom. The van der Waals surface area contributed by atoms with Crippen LogP contribution in [0.3, 0.4) is 0 Å². The molecule has 2 heterocycles. The number of halogens is 3. The van der Waals surface area contributed by atoms with Crippen LogP contribution >= 0.6 is 35.6 Å². The number of hydrogen-bond acceptors (Lipinski definition) is 2. The van der Waals surface area contributed by atoms with Crippen molar-refractivity contribution in [3.63, 3.8) is 0 Å². The van der Waals surface area contributed by atoms with Gasteiger partial charge in [0.25, 0.3) is 0 Å². The van der Waals surface area contributed by atoms with E-state index in [0.29, 0.717) is 22.4 Å². The second-order valence-electron chi connectivity index (χ2n) is 6.32. The van der Waals surface area contributed by atoms with Crippen LogP contribution in [0.25, 0.3) is 0 Å². The first-order chi connectivity index (χ1) is 10.6. The maximum atomic E-state index is 12.6. The van der Waals surface area contributed by atoms with E-state index >= 15 is 0 Å². The van der Waals surface area contributed by atoms with Crippen molar-refractivity contribution in [1.29, 1.82) is 0 Å². The summed E-state index contributed by atoms with van der Waals surface area (Å²) in [5.74, 6) is 0.940. The summed E-state index contributed by atoms with van der Waals surface area (Å²) in [7, 11) is 0. The summed E-state index contributed by atoms with van der Waals surface area (Å²) in [6.45, 7) is 3.00. The predicted molar refractivity (Wildman–Crippen MR) is 97.6 cm³/mol. The van der Waals surface area contributed by atoms with Gasteiger partial charge in [0.1, 0.15) is 0 Å². The summed E-state index contributed by atoms with van der Waals surface area (Å²) >= 11 is 12.1. The third-order valence-corrected chi connectivity index (χ3v) is 5.57. The van der Waals surface area contributed by atoms with Crippen molar-refractivity contribution in [3.05, 3.63) is 33.8 Å². The van der Waals surface area contributed by atoms with Crippen LogP contribution in [0.4, 0.5) is 0 Å². The van der Waals surface area contributed by atoms with Gasteiger partial charge in [0.2, 0.25) is 5.91 Å². The molecule has 0 aromatic heterocycles. The fraction of sp³-hybridized carbons (Fsp3) is 0.588. The topological polar surface area (TPSA) is 32.3 Å². The Labute approximate surface area is 154 Å². The van der Waals surface area contributed by atoms with E-state index in [1.54, 1.807) is 0 Å². The SMILES string of the molecule is Cl.O=C(CCC1CCNC1)N1CCCC1c1ccc(Cl)c(Cl)c1. The molecule has 2 unspecified atom stereocenters. The molecule has 2 aliphatic rings. The van der Waals surface area contributed by atoms with E-state index in [4.69, 9.17) is 23.2 Å². The highest BCUT2D eigenvalue weighted by molar-refractivity contribution is 6.42. The second-order valence-corrected chi connectivity index (χ2v) is 7.13. The summed E-state index contributed by atoms with van der Waals surface area (Å²) in [5, 5.41) is 4.49. The van der Waals surface area contributed by atoms with Crippen molar-refractivity contribution < 1.29 is 4.79 Å². The van der Waals surface area contributed by atoms with Crippen molar-refractivity contribution >= 4 is 41.5 Å². The van der Waals surface area contributed by atoms with Gasteiger partial charge in [0.05, 0.1) is 16.1 Å². The zero-order valence-corrected chi connectivity index (χ0v) is 15.4. The largest absolute Gasteiger partial charge is 0.336 e. The number of nitrogens with zero attached hydrogens (tertiary/aromatic N) is 1. The Morgan fingerprint density at radius 1 is 1.26 bits per heavy atom. The van der Waals surface area contributed by atoms with Gasteiger partial charge in [-0.15, -0.1) is 12.4 Å². The molecule has 0 saturated carbocycles. The number of carbonyl (C=O) groups excluding carboxylic acids is 1. The number of hydrogen-bond donors (Lipinski definition) is 1. The summed E-state index contributed by atoms with van der Waals surface area (Å²) in [6.07, 6.45) is 4.92. The van der Waals surface area contributed by atoms with Crippen LogP contribution in [0.15, 0.2) is 18.2 Å². The van der Waals surface area contributed by atoms with Crippen LogP contribution in [-0.4, -0.2) is 30.4 Å². The molecule has 1 amide bonds. The molecule has 0 radical (unpaired) electrons. The molecule has 1 aromatic rings. The molecule has 23 heavy (non-hydrogen) atoms. The van der Waals surface area contributed by atoms with Crippen LogP contribution in [0.2, 0.25) is 10.0 Å². The third-order valence-electron chi connectivity index (χ3n) is 4.83. The second kappa shape index (κ2) is 8.57. The maximum absolute atomic E-state index is 12.6. The lowest BCUT2D eigenvalue weighted by atomic mass is 10.0. The first-order valence-electron chi connectivity index (χ1n) is 8.10. The number of rotatable bonds is 4. The summed E-state index contributed by atoms with van der Waals surface area (Å²) in [5.41, 5.74) is 1.10.